The molecule has 140 valence electrons. The minimum Gasteiger partial charge on any atom is -0.478 e. The van der Waals surface area contributed by atoms with Gasteiger partial charge in [0.25, 0.3) is 5.91 Å². The van der Waals surface area contributed by atoms with E-state index < -0.39 is 11.9 Å². The molecular formula is C20H21N3O4. The molecule has 0 saturated heterocycles. The molecule has 0 unspecified atom stereocenters. The summed E-state index contributed by atoms with van der Waals surface area (Å²) in [6.07, 6.45) is 6.44. The summed E-state index contributed by atoms with van der Waals surface area (Å²) in [5.41, 5.74) is 1.09. The Hall–Kier alpha value is -3.22. The highest BCUT2D eigenvalue weighted by Gasteiger charge is 2.21. The molecule has 2 aromatic rings. The number of nitrogens with zero attached hydrogens (tertiary/aromatic N) is 1. The number of carboxylic acid groups (broad SMARTS) is 1. The number of hydrogen-bond donors (Lipinski definition) is 3. The van der Waals surface area contributed by atoms with E-state index in [1.807, 2.05) is 0 Å². The summed E-state index contributed by atoms with van der Waals surface area (Å²) in [4.78, 5) is 39.6. The molecule has 7 heteroatoms. The number of carbonyl (C=O) groups excluding carboxylic acids is 2. The van der Waals surface area contributed by atoms with Gasteiger partial charge in [0.05, 0.1) is 5.56 Å². The van der Waals surface area contributed by atoms with Crippen LogP contribution in [-0.4, -0.2) is 27.9 Å². The zero-order valence-electron chi connectivity index (χ0n) is 14.8. The van der Waals surface area contributed by atoms with Crippen LogP contribution in [0, 0.1) is 5.92 Å². The minimum absolute atomic E-state index is 0.00606. The third kappa shape index (κ3) is 4.91. The average Bonchev–Trinajstić information content (AvgIpc) is 2.69. The third-order valence-corrected chi connectivity index (χ3v) is 4.60. The van der Waals surface area contributed by atoms with Gasteiger partial charge in [-0.1, -0.05) is 25.3 Å². The molecule has 1 aromatic carbocycles. The van der Waals surface area contributed by atoms with E-state index in [1.54, 1.807) is 24.3 Å². The Labute approximate surface area is 156 Å². The van der Waals surface area contributed by atoms with E-state index in [9.17, 15) is 14.4 Å². The SMILES string of the molecule is O=C(O)c1ccnc(C(=O)Nc2cccc(NC(=O)C3CCCCC3)c2)c1. The Morgan fingerprint density at radius 1 is 0.963 bits per heavy atom. The van der Waals surface area contributed by atoms with E-state index in [4.69, 9.17) is 5.11 Å². The van der Waals surface area contributed by atoms with Crippen LogP contribution in [0.5, 0.6) is 0 Å². The van der Waals surface area contributed by atoms with Crippen molar-refractivity contribution in [1.29, 1.82) is 0 Å². The van der Waals surface area contributed by atoms with Crippen LogP contribution in [0.25, 0.3) is 0 Å². The zero-order chi connectivity index (χ0) is 19.2. The highest BCUT2D eigenvalue weighted by atomic mass is 16.4. The molecule has 1 aliphatic rings. The fourth-order valence-electron chi connectivity index (χ4n) is 3.17. The Kier molecular flexibility index (Phi) is 5.80. The van der Waals surface area contributed by atoms with Crippen LogP contribution in [0.3, 0.4) is 0 Å². The van der Waals surface area contributed by atoms with Gasteiger partial charge in [0.1, 0.15) is 5.69 Å². The quantitative estimate of drug-likeness (QED) is 0.749. The van der Waals surface area contributed by atoms with E-state index in [1.165, 1.54) is 24.8 Å². The summed E-state index contributed by atoms with van der Waals surface area (Å²) in [5.74, 6) is -1.60. The number of benzene rings is 1. The van der Waals surface area contributed by atoms with Gasteiger partial charge in [-0.25, -0.2) is 4.79 Å². The molecular weight excluding hydrogens is 346 g/mol. The van der Waals surface area contributed by atoms with Crippen LogP contribution in [0.1, 0.15) is 53.0 Å². The Bertz CT molecular complexity index is 860. The molecule has 27 heavy (non-hydrogen) atoms. The van der Waals surface area contributed by atoms with Gasteiger partial charge in [0, 0.05) is 23.5 Å². The van der Waals surface area contributed by atoms with E-state index >= 15 is 0 Å². The van der Waals surface area contributed by atoms with Crippen molar-refractivity contribution in [2.24, 2.45) is 5.92 Å². The maximum atomic E-state index is 12.4. The summed E-state index contributed by atoms with van der Waals surface area (Å²) < 4.78 is 0. The molecule has 2 amide bonds. The van der Waals surface area contributed by atoms with Crippen LogP contribution >= 0.6 is 0 Å². The number of rotatable bonds is 5. The second-order valence-electron chi connectivity index (χ2n) is 6.59. The summed E-state index contributed by atoms with van der Waals surface area (Å²) in [6, 6.07) is 9.38. The van der Waals surface area contributed by atoms with Gasteiger partial charge in [0.2, 0.25) is 5.91 Å². The highest BCUT2D eigenvalue weighted by molar-refractivity contribution is 6.04. The monoisotopic (exact) mass is 367 g/mol. The summed E-state index contributed by atoms with van der Waals surface area (Å²) in [6.45, 7) is 0. The first-order valence-electron chi connectivity index (χ1n) is 8.94. The molecule has 1 aliphatic carbocycles. The van der Waals surface area contributed by atoms with Crippen molar-refractivity contribution in [3.8, 4) is 0 Å². The van der Waals surface area contributed by atoms with Gasteiger partial charge in [-0.15, -0.1) is 0 Å². The van der Waals surface area contributed by atoms with Crippen LogP contribution in [0.2, 0.25) is 0 Å². The lowest BCUT2D eigenvalue weighted by Gasteiger charge is -2.20. The molecule has 0 spiro atoms. The predicted octanol–water partition coefficient (Wildman–Crippen LogP) is 3.55. The van der Waals surface area contributed by atoms with E-state index in [0.29, 0.717) is 11.4 Å². The Morgan fingerprint density at radius 2 is 1.67 bits per heavy atom. The lowest BCUT2D eigenvalue weighted by Crippen LogP contribution is -2.24. The average molecular weight is 367 g/mol. The van der Waals surface area contributed by atoms with E-state index in [0.717, 1.165) is 25.7 Å². The number of aromatic carboxylic acids is 1. The van der Waals surface area contributed by atoms with E-state index in [-0.39, 0.29) is 23.1 Å². The topological polar surface area (TPSA) is 108 Å². The molecule has 0 bridgehead atoms. The first-order chi connectivity index (χ1) is 13.0. The number of carbonyl (C=O) groups is 3. The normalized spacial score (nSPS) is 14.4. The molecule has 7 nitrogen and oxygen atoms in total. The van der Waals surface area contributed by atoms with Crippen molar-refractivity contribution in [2.75, 3.05) is 10.6 Å². The molecule has 1 aromatic heterocycles. The second-order valence-corrected chi connectivity index (χ2v) is 6.59. The number of anilines is 2. The van der Waals surface area contributed by atoms with Crippen LogP contribution in [-0.2, 0) is 4.79 Å². The number of pyridine rings is 1. The zero-order valence-corrected chi connectivity index (χ0v) is 14.8. The lowest BCUT2D eigenvalue weighted by molar-refractivity contribution is -0.120. The maximum absolute atomic E-state index is 12.4. The number of hydrogen-bond acceptors (Lipinski definition) is 4. The first kappa shape index (κ1) is 18.6. The maximum Gasteiger partial charge on any atom is 0.335 e. The van der Waals surface area contributed by atoms with Crippen LogP contribution in [0.4, 0.5) is 11.4 Å². The first-order valence-corrected chi connectivity index (χ1v) is 8.94. The molecule has 1 heterocycles. The molecule has 0 aliphatic heterocycles. The largest absolute Gasteiger partial charge is 0.478 e. The molecule has 1 saturated carbocycles. The lowest BCUT2D eigenvalue weighted by atomic mass is 9.88. The van der Waals surface area contributed by atoms with Gasteiger partial charge < -0.3 is 15.7 Å². The van der Waals surface area contributed by atoms with Crippen molar-refractivity contribution in [3.05, 3.63) is 53.9 Å². The standard InChI is InChI=1S/C20H21N3O4/c24-18(13-5-2-1-3-6-13)22-15-7-4-8-16(12-15)23-19(25)17-11-14(20(26)27)9-10-21-17/h4,7-13H,1-3,5-6H2,(H,22,24)(H,23,25)(H,26,27). The Morgan fingerprint density at radius 3 is 2.37 bits per heavy atom. The van der Waals surface area contributed by atoms with Crippen molar-refractivity contribution < 1.29 is 19.5 Å². The van der Waals surface area contributed by atoms with Crippen LogP contribution in [0.15, 0.2) is 42.6 Å². The van der Waals surface area contributed by atoms with Gasteiger partial charge >= 0.3 is 5.97 Å². The number of nitrogens with one attached hydrogen (secondary N) is 2. The number of amides is 2. The Balaban J connectivity index is 1.66. The van der Waals surface area contributed by atoms with Crippen molar-refractivity contribution in [2.45, 2.75) is 32.1 Å². The van der Waals surface area contributed by atoms with Gasteiger partial charge in [-0.2, -0.15) is 0 Å². The fraction of sp³-hybridized carbons (Fsp3) is 0.300. The highest BCUT2D eigenvalue weighted by Crippen LogP contribution is 2.25. The third-order valence-electron chi connectivity index (χ3n) is 4.60. The number of carboxylic acids is 1. The summed E-state index contributed by atoms with van der Waals surface area (Å²) in [7, 11) is 0. The van der Waals surface area contributed by atoms with Gasteiger partial charge in [-0.05, 0) is 43.2 Å². The second kappa shape index (κ2) is 8.44. The van der Waals surface area contributed by atoms with Gasteiger partial charge in [0.15, 0.2) is 0 Å². The summed E-state index contributed by atoms with van der Waals surface area (Å²) >= 11 is 0. The molecule has 0 radical (unpaired) electrons. The van der Waals surface area contributed by atoms with Crippen molar-refractivity contribution in [3.63, 3.8) is 0 Å². The minimum atomic E-state index is -1.13. The van der Waals surface area contributed by atoms with E-state index in [2.05, 4.69) is 15.6 Å². The summed E-state index contributed by atoms with van der Waals surface area (Å²) in [5, 5.41) is 14.6. The van der Waals surface area contributed by atoms with Crippen molar-refractivity contribution in [1.82, 2.24) is 4.98 Å². The van der Waals surface area contributed by atoms with Gasteiger partial charge in [-0.3, -0.25) is 14.6 Å². The molecule has 3 N–H and O–H groups in total. The van der Waals surface area contributed by atoms with Crippen molar-refractivity contribution >= 4 is 29.2 Å². The van der Waals surface area contributed by atoms with Crippen LogP contribution < -0.4 is 10.6 Å². The fourth-order valence-corrected chi connectivity index (χ4v) is 3.17. The smallest absolute Gasteiger partial charge is 0.335 e. The number of aromatic nitrogens is 1. The molecule has 1 fully saturated rings. The molecule has 3 rings (SSSR count). The molecule has 0 atom stereocenters. The predicted molar refractivity (Wildman–Crippen MR) is 101 cm³/mol.